The van der Waals surface area contributed by atoms with E-state index in [0.29, 0.717) is 0 Å². The van der Waals surface area contributed by atoms with Gasteiger partial charge in [0.1, 0.15) is 0 Å². The molecule has 3 nitrogen and oxygen atoms in total. The van der Waals surface area contributed by atoms with Crippen LogP contribution in [0, 0.1) is 0 Å². The van der Waals surface area contributed by atoms with Crippen molar-refractivity contribution in [2.24, 2.45) is 0 Å². The van der Waals surface area contributed by atoms with Crippen molar-refractivity contribution in [3.63, 3.8) is 0 Å². The van der Waals surface area contributed by atoms with Gasteiger partial charge in [-0.15, -0.1) is 0 Å². The third-order valence-electron chi connectivity index (χ3n) is 2.51. The van der Waals surface area contributed by atoms with Crippen LogP contribution in [0.3, 0.4) is 0 Å². The lowest BCUT2D eigenvalue weighted by atomic mass is 10.00. The summed E-state index contributed by atoms with van der Waals surface area (Å²) < 4.78 is 0. The third-order valence-corrected chi connectivity index (χ3v) is 3.00. The highest BCUT2D eigenvalue weighted by atomic mass is 31.2. The Labute approximate surface area is 102 Å². The van der Waals surface area contributed by atoms with Gasteiger partial charge < -0.3 is 9.79 Å². The Morgan fingerprint density at radius 1 is 0.765 bits per heavy atom. The monoisotopic (exact) mass is 247 g/mol. The summed E-state index contributed by atoms with van der Waals surface area (Å²) in [4.78, 5) is 18.3. The molecule has 2 aromatic carbocycles. The molecule has 0 spiro atoms. The Morgan fingerprint density at radius 3 is 1.53 bits per heavy atom. The van der Waals surface area contributed by atoms with Crippen LogP contribution in [0.5, 0.6) is 0 Å². The predicted octanol–water partition coefficient (Wildman–Crippen LogP) is 2.58. The van der Waals surface area contributed by atoms with Crippen LogP contribution in [0.25, 0.3) is 0 Å². The SMILES string of the molecule is OP(O)NC(c1ccccc1)c1ccccc1. The smallest absolute Gasteiger partial charge is 0.251 e. The molecule has 0 aliphatic heterocycles. The lowest BCUT2D eigenvalue weighted by molar-refractivity contribution is 0.457. The number of hydrogen-bond acceptors (Lipinski definition) is 3. The van der Waals surface area contributed by atoms with Crippen LogP contribution in [-0.2, 0) is 0 Å². The average Bonchev–Trinajstić information content (AvgIpc) is 2.38. The lowest BCUT2D eigenvalue weighted by Gasteiger charge is -2.19. The lowest BCUT2D eigenvalue weighted by Crippen LogP contribution is -2.17. The molecule has 0 aliphatic carbocycles. The molecule has 4 heteroatoms. The van der Waals surface area contributed by atoms with Crippen molar-refractivity contribution >= 4 is 8.53 Å². The Hall–Kier alpha value is -1.25. The molecule has 3 N–H and O–H groups in total. The van der Waals surface area contributed by atoms with E-state index < -0.39 is 8.53 Å². The van der Waals surface area contributed by atoms with Crippen LogP contribution in [0.15, 0.2) is 60.7 Å². The fourth-order valence-corrected chi connectivity index (χ4v) is 2.28. The van der Waals surface area contributed by atoms with E-state index in [4.69, 9.17) is 9.79 Å². The standard InChI is InChI=1S/C13H14NO2P/c15-17(16)14-13(11-7-3-1-4-8-11)12-9-5-2-6-10-12/h1-10,13-16H. The highest BCUT2D eigenvalue weighted by Gasteiger charge is 2.16. The van der Waals surface area contributed by atoms with Crippen molar-refractivity contribution in [2.45, 2.75) is 6.04 Å². The van der Waals surface area contributed by atoms with Crippen LogP contribution in [0.2, 0.25) is 0 Å². The topological polar surface area (TPSA) is 52.5 Å². The molecule has 17 heavy (non-hydrogen) atoms. The number of nitrogens with one attached hydrogen (secondary N) is 1. The van der Waals surface area contributed by atoms with E-state index in [1.54, 1.807) is 0 Å². The second-order valence-corrected chi connectivity index (χ2v) is 4.51. The summed E-state index contributed by atoms with van der Waals surface area (Å²) >= 11 is 0. The summed E-state index contributed by atoms with van der Waals surface area (Å²) in [7, 11) is -2.14. The first kappa shape index (κ1) is 12.2. The largest absolute Gasteiger partial charge is 0.338 e. The minimum absolute atomic E-state index is 0.196. The van der Waals surface area contributed by atoms with E-state index >= 15 is 0 Å². The second kappa shape index (κ2) is 5.89. The van der Waals surface area contributed by atoms with Gasteiger partial charge in [0.05, 0.1) is 6.04 Å². The fourth-order valence-electron chi connectivity index (χ4n) is 1.75. The maximum atomic E-state index is 9.15. The van der Waals surface area contributed by atoms with E-state index in [0.717, 1.165) is 11.1 Å². The number of benzene rings is 2. The molecule has 0 heterocycles. The Bertz CT molecular complexity index is 408. The molecular formula is C13H14NO2P. The average molecular weight is 247 g/mol. The quantitative estimate of drug-likeness (QED) is 0.728. The van der Waals surface area contributed by atoms with Gasteiger partial charge in [-0.3, -0.25) is 0 Å². The molecule has 0 unspecified atom stereocenters. The van der Waals surface area contributed by atoms with Crippen LogP contribution < -0.4 is 5.09 Å². The molecule has 88 valence electrons. The van der Waals surface area contributed by atoms with Gasteiger partial charge in [0.15, 0.2) is 0 Å². The van der Waals surface area contributed by atoms with Gasteiger partial charge >= 0.3 is 0 Å². The summed E-state index contributed by atoms with van der Waals surface area (Å²) in [6.45, 7) is 0. The molecule has 0 atom stereocenters. The summed E-state index contributed by atoms with van der Waals surface area (Å²) in [6.07, 6.45) is 0. The van der Waals surface area contributed by atoms with E-state index in [9.17, 15) is 0 Å². The number of rotatable bonds is 4. The fraction of sp³-hybridized carbons (Fsp3) is 0.0769. The maximum Gasteiger partial charge on any atom is 0.251 e. The molecule has 0 aromatic heterocycles. The van der Waals surface area contributed by atoms with E-state index in [2.05, 4.69) is 5.09 Å². The van der Waals surface area contributed by atoms with Crippen molar-refractivity contribution in [1.29, 1.82) is 0 Å². The van der Waals surface area contributed by atoms with Crippen LogP contribution in [-0.4, -0.2) is 9.79 Å². The predicted molar refractivity (Wildman–Crippen MR) is 69.2 cm³/mol. The van der Waals surface area contributed by atoms with Crippen molar-refractivity contribution in [3.05, 3.63) is 71.8 Å². The summed E-state index contributed by atoms with van der Waals surface area (Å²) in [5, 5.41) is 2.79. The third kappa shape index (κ3) is 3.35. The molecule has 0 amide bonds. The first-order chi connectivity index (χ1) is 8.27. The first-order valence-electron chi connectivity index (χ1n) is 5.31. The summed E-state index contributed by atoms with van der Waals surface area (Å²) in [6, 6.07) is 19.3. The summed E-state index contributed by atoms with van der Waals surface area (Å²) in [5.74, 6) is 0. The van der Waals surface area contributed by atoms with Crippen molar-refractivity contribution < 1.29 is 9.79 Å². The van der Waals surface area contributed by atoms with Gasteiger partial charge in [-0.2, -0.15) is 0 Å². The van der Waals surface area contributed by atoms with Crippen molar-refractivity contribution in [3.8, 4) is 0 Å². The maximum absolute atomic E-state index is 9.15. The summed E-state index contributed by atoms with van der Waals surface area (Å²) in [5.41, 5.74) is 2.02. The van der Waals surface area contributed by atoms with Gasteiger partial charge in [0.2, 0.25) is 0 Å². The Balaban J connectivity index is 2.32. The van der Waals surface area contributed by atoms with E-state index in [-0.39, 0.29) is 6.04 Å². The number of hydrogen-bond donors (Lipinski definition) is 3. The normalized spacial score (nSPS) is 11.1. The molecule has 0 aliphatic rings. The molecule has 0 fully saturated rings. The molecule has 0 saturated heterocycles. The first-order valence-corrected chi connectivity index (χ1v) is 6.56. The zero-order valence-corrected chi connectivity index (χ0v) is 10.1. The van der Waals surface area contributed by atoms with Crippen LogP contribution >= 0.6 is 8.53 Å². The van der Waals surface area contributed by atoms with E-state index in [1.165, 1.54) is 0 Å². The zero-order valence-electron chi connectivity index (χ0n) is 9.19. The highest BCUT2D eigenvalue weighted by Crippen LogP contribution is 2.29. The zero-order chi connectivity index (χ0) is 12.1. The van der Waals surface area contributed by atoms with Gasteiger partial charge in [0, 0.05) is 0 Å². The van der Waals surface area contributed by atoms with Gasteiger partial charge in [-0.25, -0.2) is 5.09 Å². The van der Waals surface area contributed by atoms with Crippen molar-refractivity contribution in [1.82, 2.24) is 5.09 Å². The molecular weight excluding hydrogens is 233 g/mol. The molecule has 2 rings (SSSR count). The van der Waals surface area contributed by atoms with Gasteiger partial charge in [-0.05, 0) is 11.1 Å². The highest BCUT2D eigenvalue weighted by molar-refractivity contribution is 7.42. The van der Waals surface area contributed by atoms with Crippen LogP contribution in [0.1, 0.15) is 17.2 Å². The Morgan fingerprint density at radius 2 is 1.18 bits per heavy atom. The van der Waals surface area contributed by atoms with Gasteiger partial charge in [0.25, 0.3) is 8.53 Å². The minimum Gasteiger partial charge on any atom is -0.338 e. The second-order valence-electron chi connectivity index (χ2n) is 3.67. The van der Waals surface area contributed by atoms with Crippen molar-refractivity contribution in [2.75, 3.05) is 0 Å². The molecule has 2 aromatic rings. The molecule has 0 radical (unpaired) electrons. The molecule has 0 bridgehead atoms. The molecule has 0 saturated carbocycles. The Kier molecular flexibility index (Phi) is 4.24. The van der Waals surface area contributed by atoms with Crippen LogP contribution in [0.4, 0.5) is 0 Å². The van der Waals surface area contributed by atoms with E-state index in [1.807, 2.05) is 60.7 Å². The minimum atomic E-state index is -2.14. The van der Waals surface area contributed by atoms with Gasteiger partial charge in [-0.1, -0.05) is 60.7 Å².